The molecule has 1 heterocycles. The third-order valence-electron chi connectivity index (χ3n) is 4.97. The van der Waals surface area contributed by atoms with Crippen molar-refractivity contribution in [1.29, 1.82) is 0 Å². The third-order valence-corrected chi connectivity index (χ3v) is 4.97. The van der Waals surface area contributed by atoms with E-state index in [0.29, 0.717) is 5.41 Å². The molecule has 0 aromatic carbocycles. The number of hydrogen-bond acceptors (Lipinski definition) is 1. The van der Waals surface area contributed by atoms with Crippen LogP contribution in [0.25, 0.3) is 0 Å². The van der Waals surface area contributed by atoms with Gasteiger partial charge in [-0.3, -0.25) is 4.90 Å². The van der Waals surface area contributed by atoms with Crippen LogP contribution >= 0.6 is 0 Å². The second kappa shape index (κ2) is 4.22. The first-order valence-corrected chi connectivity index (χ1v) is 6.23. The first-order valence-electron chi connectivity index (χ1n) is 6.23. The molecule has 1 aliphatic rings. The van der Waals surface area contributed by atoms with Gasteiger partial charge in [-0.25, -0.2) is 0 Å². The largest absolute Gasteiger partial charge is 0.298 e. The molecule has 1 heteroatoms. The van der Waals surface area contributed by atoms with Gasteiger partial charge in [-0.05, 0) is 44.6 Å². The highest BCUT2D eigenvalue weighted by Crippen LogP contribution is 2.44. The molecular weight excluding hydrogens is 170 g/mol. The van der Waals surface area contributed by atoms with Crippen LogP contribution in [0.1, 0.15) is 54.4 Å². The quantitative estimate of drug-likeness (QED) is 0.654. The lowest BCUT2D eigenvalue weighted by molar-refractivity contribution is -0.0392. The number of nitrogens with zero attached hydrogens (tertiary/aromatic N) is 1. The van der Waals surface area contributed by atoms with E-state index in [1.165, 1.54) is 19.4 Å². The van der Waals surface area contributed by atoms with E-state index >= 15 is 0 Å². The lowest BCUT2D eigenvalue weighted by atomic mass is 9.65. The number of rotatable bonds is 2. The van der Waals surface area contributed by atoms with E-state index in [1.807, 2.05) is 0 Å². The summed E-state index contributed by atoms with van der Waals surface area (Å²) in [7, 11) is 0. The summed E-state index contributed by atoms with van der Waals surface area (Å²) in [6.07, 6.45) is 2.67. The second-order valence-electron chi connectivity index (χ2n) is 5.35. The Hall–Kier alpha value is -0.0400. The minimum absolute atomic E-state index is 0.516. The van der Waals surface area contributed by atoms with E-state index in [9.17, 15) is 0 Å². The van der Waals surface area contributed by atoms with E-state index in [4.69, 9.17) is 0 Å². The molecule has 84 valence electrons. The Morgan fingerprint density at radius 3 is 2.21 bits per heavy atom. The van der Waals surface area contributed by atoms with Gasteiger partial charge >= 0.3 is 0 Å². The lowest BCUT2D eigenvalue weighted by Gasteiger charge is -2.53. The number of likely N-dealkylation sites (tertiary alicyclic amines) is 1. The average Bonchev–Trinajstić information content (AvgIpc) is 2.15. The minimum Gasteiger partial charge on any atom is -0.298 e. The molecule has 1 saturated heterocycles. The van der Waals surface area contributed by atoms with Crippen molar-refractivity contribution < 1.29 is 0 Å². The van der Waals surface area contributed by atoms with Crippen molar-refractivity contribution >= 4 is 0 Å². The molecule has 0 saturated carbocycles. The molecule has 14 heavy (non-hydrogen) atoms. The highest BCUT2D eigenvalue weighted by atomic mass is 15.2. The Balaban J connectivity index is 2.88. The lowest BCUT2D eigenvalue weighted by Crippen LogP contribution is -2.56. The highest BCUT2D eigenvalue weighted by Gasteiger charge is 2.43. The molecule has 0 radical (unpaired) electrons. The average molecular weight is 197 g/mol. The molecular formula is C13H27N. The van der Waals surface area contributed by atoms with Crippen LogP contribution in [0.5, 0.6) is 0 Å². The van der Waals surface area contributed by atoms with Crippen LogP contribution in [0.15, 0.2) is 0 Å². The van der Waals surface area contributed by atoms with Crippen molar-refractivity contribution in [2.24, 2.45) is 11.3 Å². The van der Waals surface area contributed by atoms with Gasteiger partial charge in [0.05, 0.1) is 0 Å². The SMILES string of the molecule is CCN1C(C)CC(C)C(C)(CC)C1C. The van der Waals surface area contributed by atoms with Gasteiger partial charge in [-0.15, -0.1) is 0 Å². The van der Waals surface area contributed by atoms with Gasteiger partial charge in [-0.2, -0.15) is 0 Å². The van der Waals surface area contributed by atoms with Gasteiger partial charge in [0.1, 0.15) is 0 Å². The molecule has 0 bridgehead atoms. The standard InChI is InChI=1S/C13H27N/c1-7-13(6)10(3)9-11(4)14(8-2)12(13)5/h10-12H,7-9H2,1-6H3. The first kappa shape index (κ1) is 12.0. The van der Waals surface area contributed by atoms with E-state index in [-0.39, 0.29) is 0 Å². The predicted molar refractivity (Wildman–Crippen MR) is 63.5 cm³/mol. The molecule has 0 N–H and O–H groups in total. The van der Waals surface area contributed by atoms with Crippen molar-refractivity contribution in [3.63, 3.8) is 0 Å². The summed E-state index contributed by atoms with van der Waals surface area (Å²) in [6, 6.07) is 1.50. The molecule has 1 rings (SSSR count). The van der Waals surface area contributed by atoms with E-state index in [2.05, 4.69) is 46.4 Å². The summed E-state index contributed by atoms with van der Waals surface area (Å²) in [4.78, 5) is 2.67. The zero-order valence-corrected chi connectivity index (χ0v) is 10.8. The van der Waals surface area contributed by atoms with Crippen molar-refractivity contribution in [3.8, 4) is 0 Å². The van der Waals surface area contributed by atoms with E-state index in [0.717, 1.165) is 18.0 Å². The molecule has 0 aromatic heterocycles. The van der Waals surface area contributed by atoms with Crippen LogP contribution in [0, 0.1) is 11.3 Å². The van der Waals surface area contributed by atoms with Crippen LogP contribution in [-0.4, -0.2) is 23.5 Å². The zero-order valence-electron chi connectivity index (χ0n) is 10.8. The Bertz CT molecular complexity index is 190. The minimum atomic E-state index is 0.516. The molecule has 1 aliphatic heterocycles. The molecule has 1 nitrogen and oxygen atoms in total. The summed E-state index contributed by atoms with van der Waals surface area (Å²) in [6.45, 7) is 15.5. The first-order chi connectivity index (χ1) is 6.47. The van der Waals surface area contributed by atoms with Crippen molar-refractivity contribution in [2.45, 2.75) is 66.5 Å². The molecule has 4 unspecified atom stereocenters. The fraction of sp³-hybridized carbons (Fsp3) is 1.00. The van der Waals surface area contributed by atoms with Crippen LogP contribution in [0.2, 0.25) is 0 Å². The topological polar surface area (TPSA) is 3.24 Å². The van der Waals surface area contributed by atoms with Gasteiger partial charge in [0.25, 0.3) is 0 Å². The Labute approximate surface area is 89.9 Å². The van der Waals surface area contributed by atoms with Crippen molar-refractivity contribution in [2.75, 3.05) is 6.54 Å². The fourth-order valence-electron chi connectivity index (χ4n) is 3.32. The summed E-state index contributed by atoms with van der Waals surface area (Å²) in [5.41, 5.74) is 0.516. The summed E-state index contributed by atoms with van der Waals surface area (Å²) in [5.74, 6) is 0.861. The van der Waals surface area contributed by atoms with Crippen molar-refractivity contribution in [3.05, 3.63) is 0 Å². The maximum atomic E-state index is 2.67. The van der Waals surface area contributed by atoms with E-state index in [1.54, 1.807) is 0 Å². The summed E-state index contributed by atoms with van der Waals surface area (Å²) in [5, 5.41) is 0. The van der Waals surface area contributed by atoms with Crippen molar-refractivity contribution in [1.82, 2.24) is 4.90 Å². The summed E-state index contributed by atoms with van der Waals surface area (Å²) >= 11 is 0. The van der Waals surface area contributed by atoms with E-state index < -0.39 is 0 Å². The molecule has 0 aliphatic carbocycles. The van der Waals surface area contributed by atoms with Crippen LogP contribution in [0.4, 0.5) is 0 Å². The molecule has 0 amide bonds. The fourth-order valence-corrected chi connectivity index (χ4v) is 3.32. The van der Waals surface area contributed by atoms with Crippen LogP contribution < -0.4 is 0 Å². The Morgan fingerprint density at radius 1 is 1.21 bits per heavy atom. The summed E-state index contributed by atoms with van der Waals surface area (Å²) < 4.78 is 0. The second-order valence-corrected chi connectivity index (χ2v) is 5.35. The van der Waals surface area contributed by atoms with Gasteiger partial charge < -0.3 is 0 Å². The smallest absolute Gasteiger partial charge is 0.0126 e. The Morgan fingerprint density at radius 2 is 1.79 bits per heavy atom. The van der Waals surface area contributed by atoms with Gasteiger partial charge in [0, 0.05) is 12.1 Å². The predicted octanol–water partition coefficient (Wildman–Crippen LogP) is 3.54. The van der Waals surface area contributed by atoms with Crippen LogP contribution in [-0.2, 0) is 0 Å². The van der Waals surface area contributed by atoms with Gasteiger partial charge in [0.2, 0.25) is 0 Å². The number of piperidine rings is 1. The Kier molecular flexibility index (Phi) is 3.63. The maximum Gasteiger partial charge on any atom is 0.0126 e. The maximum absolute atomic E-state index is 2.67. The third kappa shape index (κ3) is 1.71. The molecule has 0 aromatic rings. The normalized spacial score (nSPS) is 45.4. The molecule has 1 fully saturated rings. The molecule has 0 spiro atoms. The number of hydrogen-bond donors (Lipinski definition) is 0. The van der Waals surface area contributed by atoms with Gasteiger partial charge in [0.15, 0.2) is 0 Å². The monoisotopic (exact) mass is 197 g/mol. The van der Waals surface area contributed by atoms with Gasteiger partial charge in [-0.1, -0.05) is 27.7 Å². The molecule has 4 atom stereocenters. The zero-order chi connectivity index (χ0) is 10.9. The van der Waals surface area contributed by atoms with Crippen LogP contribution in [0.3, 0.4) is 0 Å². The highest BCUT2D eigenvalue weighted by molar-refractivity contribution is 4.96.